The second-order valence-electron chi connectivity index (χ2n) is 5.93. The van der Waals surface area contributed by atoms with Crippen molar-refractivity contribution in [2.24, 2.45) is 0 Å². The predicted octanol–water partition coefficient (Wildman–Crippen LogP) is 2.89. The standard InChI is InChI=1S/C19H16N4O3S/c24-17(20-10-12-11-26-19(21-12)15-6-3-9-27-15)8-7-16-22-14-5-2-1-4-13(14)18(25)23-16/h1-6,9,11H,7-8,10H2,(H,20,24)(H,22,23,25). The van der Waals surface area contributed by atoms with E-state index >= 15 is 0 Å². The van der Waals surface area contributed by atoms with Crippen LogP contribution in [-0.2, 0) is 17.8 Å². The van der Waals surface area contributed by atoms with Gasteiger partial charge in [-0.2, -0.15) is 0 Å². The lowest BCUT2D eigenvalue weighted by molar-refractivity contribution is -0.121. The van der Waals surface area contributed by atoms with Crippen molar-refractivity contribution in [2.45, 2.75) is 19.4 Å². The maximum atomic E-state index is 12.1. The number of aromatic nitrogens is 3. The fraction of sp³-hybridized carbons (Fsp3) is 0.158. The van der Waals surface area contributed by atoms with Crippen LogP contribution in [0.2, 0.25) is 0 Å². The first-order valence-corrected chi connectivity index (χ1v) is 9.30. The first kappa shape index (κ1) is 17.2. The minimum absolute atomic E-state index is 0.147. The van der Waals surface area contributed by atoms with Crippen molar-refractivity contribution < 1.29 is 9.21 Å². The summed E-state index contributed by atoms with van der Waals surface area (Å²) in [6.07, 6.45) is 2.11. The number of amides is 1. The van der Waals surface area contributed by atoms with Crippen LogP contribution in [0.25, 0.3) is 21.7 Å². The number of benzene rings is 1. The summed E-state index contributed by atoms with van der Waals surface area (Å²) in [5, 5.41) is 5.29. The summed E-state index contributed by atoms with van der Waals surface area (Å²) < 4.78 is 5.42. The fourth-order valence-corrected chi connectivity index (χ4v) is 3.32. The number of aromatic amines is 1. The maximum absolute atomic E-state index is 12.1. The summed E-state index contributed by atoms with van der Waals surface area (Å²) in [6.45, 7) is 0.287. The molecule has 1 amide bonds. The molecule has 0 bridgehead atoms. The molecule has 0 saturated heterocycles. The second kappa shape index (κ2) is 7.55. The molecule has 0 spiro atoms. The van der Waals surface area contributed by atoms with Gasteiger partial charge in [0.15, 0.2) is 0 Å². The molecular weight excluding hydrogens is 364 g/mol. The SMILES string of the molecule is O=C(CCc1nc2ccccc2c(=O)[nH]1)NCc1coc(-c2cccs2)n1. The third kappa shape index (κ3) is 3.95. The predicted molar refractivity (Wildman–Crippen MR) is 102 cm³/mol. The average molecular weight is 380 g/mol. The summed E-state index contributed by atoms with van der Waals surface area (Å²) in [7, 11) is 0. The Kier molecular flexibility index (Phi) is 4.80. The zero-order valence-corrected chi connectivity index (χ0v) is 15.1. The van der Waals surface area contributed by atoms with Crippen LogP contribution >= 0.6 is 11.3 Å². The fourth-order valence-electron chi connectivity index (χ4n) is 2.66. The quantitative estimate of drug-likeness (QED) is 0.536. The molecule has 136 valence electrons. The summed E-state index contributed by atoms with van der Waals surface area (Å²) in [5.74, 6) is 0.897. The summed E-state index contributed by atoms with van der Waals surface area (Å²) in [6, 6.07) is 11.0. The van der Waals surface area contributed by atoms with E-state index in [-0.39, 0.29) is 24.4 Å². The molecule has 1 aromatic carbocycles. The number of aryl methyl sites for hydroxylation is 1. The van der Waals surface area contributed by atoms with Crippen LogP contribution in [0.5, 0.6) is 0 Å². The summed E-state index contributed by atoms with van der Waals surface area (Å²) >= 11 is 1.54. The second-order valence-corrected chi connectivity index (χ2v) is 6.88. The molecule has 0 radical (unpaired) electrons. The van der Waals surface area contributed by atoms with Gasteiger partial charge in [-0.15, -0.1) is 11.3 Å². The van der Waals surface area contributed by atoms with Gasteiger partial charge in [-0.3, -0.25) is 9.59 Å². The minimum Gasteiger partial charge on any atom is -0.443 e. The lowest BCUT2D eigenvalue weighted by Gasteiger charge is -2.04. The number of hydrogen-bond donors (Lipinski definition) is 2. The first-order chi connectivity index (χ1) is 13.2. The van der Waals surface area contributed by atoms with Crippen LogP contribution in [0, 0.1) is 0 Å². The first-order valence-electron chi connectivity index (χ1n) is 8.42. The normalized spacial score (nSPS) is 11.0. The Balaban J connectivity index is 1.33. The highest BCUT2D eigenvalue weighted by molar-refractivity contribution is 7.13. The Morgan fingerprint density at radius 3 is 2.93 bits per heavy atom. The van der Waals surface area contributed by atoms with Crippen LogP contribution < -0.4 is 10.9 Å². The van der Waals surface area contributed by atoms with Gasteiger partial charge in [0.25, 0.3) is 5.56 Å². The number of nitrogens with one attached hydrogen (secondary N) is 2. The Hall–Kier alpha value is -3.26. The Bertz CT molecular complexity index is 1130. The molecule has 0 unspecified atom stereocenters. The van der Waals surface area contributed by atoms with Gasteiger partial charge in [-0.05, 0) is 23.6 Å². The largest absolute Gasteiger partial charge is 0.443 e. The topological polar surface area (TPSA) is 101 Å². The molecule has 0 atom stereocenters. The van der Waals surface area contributed by atoms with Crippen molar-refractivity contribution in [1.29, 1.82) is 0 Å². The zero-order valence-electron chi connectivity index (χ0n) is 14.3. The van der Waals surface area contributed by atoms with Crippen molar-refractivity contribution in [2.75, 3.05) is 0 Å². The monoisotopic (exact) mass is 380 g/mol. The van der Waals surface area contributed by atoms with E-state index in [9.17, 15) is 9.59 Å². The average Bonchev–Trinajstić information content (AvgIpc) is 3.36. The number of carbonyl (C=O) groups excluding carboxylic acids is 1. The van der Waals surface area contributed by atoms with Gasteiger partial charge in [-0.1, -0.05) is 18.2 Å². The van der Waals surface area contributed by atoms with Crippen LogP contribution in [-0.4, -0.2) is 20.9 Å². The molecule has 7 nitrogen and oxygen atoms in total. The maximum Gasteiger partial charge on any atom is 0.258 e. The lowest BCUT2D eigenvalue weighted by Crippen LogP contribution is -2.24. The molecule has 0 saturated carbocycles. The summed E-state index contributed by atoms with van der Waals surface area (Å²) in [4.78, 5) is 36.6. The van der Waals surface area contributed by atoms with Crippen molar-refractivity contribution in [1.82, 2.24) is 20.3 Å². The van der Waals surface area contributed by atoms with Gasteiger partial charge in [0, 0.05) is 12.8 Å². The number of carbonyl (C=O) groups is 1. The third-order valence-electron chi connectivity index (χ3n) is 4.00. The van der Waals surface area contributed by atoms with E-state index < -0.39 is 0 Å². The molecule has 4 rings (SSSR count). The number of para-hydroxylation sites is 1. The van der Waals surface area contributed by atoms with Gasteiger partial charge in [0.2, 0.25) is 11.8 Å². The van der Waals surface area contributed by atoms with E-state index in [2.05, 4.69) is 20.3 Å². The number of fused-ring (bicyclic) bond motifs is 1. The van der Waals surface area contributed by atoms with Crippen molar-refractivity contribution in [3.8, 4) is 10.8 Å². The molecule has 3 aromatic heterocycles. The highest BCUT2D eigenvalue weighted by Crippen LogP contribution is 2.23. The van der Waals surface area contributed by atoms with Gasteiger partial charge in [-0.25, -0.2) is 9.97 Å². The van der Waals surface area contributed by atoms with Crippen LogP contribution in [0.3, 0.4) is 0 Å². The number of nitrogens with zero attached hydrogens (tertiary/aromatic N) is 2. The number of thiophene rings is 1. The number of H-pyrrole nitrogens is 1. The molecule has 27 heavy (non-hydrogen) atoms. The van der Waals surface area contributed by atoms with E-state index in [1.54, 1.807) is 29.5 Å². The van der Waals surface area contributed by atoms with Crippen molar-refractivity contribution in [3.63, 3.8) is 0 Å². The Morgan fingerprint density at radius 1 is 1.19 bits per heavy atom. The Labute approximate surface area is 158 Å². The molecule has 0 fully saturated rings. The van der Waals surface area contributed by atoms with E-state index in [1.165, 1.54) is 6.26 Å². The van der Waals surface area contributed by atoms with Gasteiger partial charge >= 0.3 is 0 Å². The van der Waals surface area contributed by atoms with Gasteiger partial charge < -0.3 is 14.7 Å². The van der Waals surface area contributed by atoms with Gasteiger partial charge in [0.05, 0.1) is 28.0 Å². The molecule has 8 heteroatoms. The Morgan fingerprint density at radius 2 is 2.07 bits per heavy atom. The number of oxazole rings is 1. The smallest absolute Gasteiger partial charge is 0.258 e. The van der Waals surface area contributed by atoms with E-state index in [1.807, 2.05) is 23.6 Å². The zero-order chi connectivity index (χ0) is 18.6. The van der Waals surface area contributed by atoms with E-state index in [0.29, 0.717) is 34.7 Å². The van der Waals surface area contributed by atoms with Crippen molar-refractivity contribution in [3.05, 3.63) is 69.9 Å². The molecule has 0 aliphatic rings. The van der Waals surface area contributed by atoms with Crippen LogP contribution in [0.4, 0.5) is 0 Å². The highest BCUT2D eigenvalue weighted by Gasteiger charge is 2.10. The molecule has 3 heterocycles. The molecule has 4 aromatic rings. The van der Waals surface area contributed by atoms with E-state index in [4.69, 9.17) is 4.42 Å². The highest BCUT2D eigenvalue weighted by atomic mass is 32.1. The van der Waals surface area contributed by atoms with E-state index in [0.717, 1.165) is 4.88 Å². The van der Waals surface area contributed by atoms with Crippen molar-refractivity contribution >= 4 is 28.1 Å². The third-order valence-corrected chi connectivity index (χ3v) is 4.86. The van der Waals surface area contributed by atoms with Crippen LogP contribution in [0.1, 0.15) is 17.9 Å². The minimum atomic E-state index is -0.195. The number of hydrogen-bond acceptors (Lipinski definition) is 6. The molecule has 2 N–H and O–H groups in total. The molecule has 0 aliphatic carbocycles. The lowest BCUT2D eigenvalue weighted by atomic mass is 10.2. The van der Waals surface area contributed by atoms with Gasteiger partial charge in [0.1, 0.15) is 12.1 Å². The number of rotatable bonds is 6. The molecule has 0 aliphatic heterocycles. The summed E-state index contributed by atoms with van der Waals surface area (Å²) in [5.41, 5.74) is 1.09. The van der Waals surface area contributed by atoms with Crippen LogP contribution in [0.15, 0.2) is 57.3 Å². The molecular formula is C19H16N4O3S.